The summed E-state index contributed by atoms with van der Waals surface area (Å²) in [6.07, 6.45) is 8.30. The first kappa shape index (κ1) is 8.06. The van der Waals surface area contributed by atoms with Crippen molar-refractivity contribution >= 4 is 0 Å². The minimum absolute atomic E-state index is 0.262. The van der Waals surface area contributed by atoms with E-state index in [2.05, 4.69) is 39.0 Å². The van der Waals surface area contributed by atoms with Gasteiger partial charge in [0, 0.05) is 0 Å². The highest BCUT2D eigenvalue weighted by Gasteiger charge is 2.29. The Morgan fingerprint density at radius 3 is 2.67 bits per heavy atom. The molecule has 2 aliphatic heterocycles. The number of ether oxygens (including phenoxy) is 1. The van der Waals surface area contributed by atoms with E-state index in [0.717, 1.165) is 6.42 Å². The number of hydrogen-bond donors (Lipinski definition) is 0. The molecule has 0 radical (unpaired) electrons. The van der Waals surface area contributed by atoms with Crippen molar-refractivity contribution in [1.29, 1.82) is 0 Å². The van der Waals surface area contributed by atoms with Crippen LogP contribution in [0.25, 0.3) is 0 Å². The molecule has 0 aliphatic carbocycles. The molecule has 1 heteroatoms. The minimum Gasteiger partial charge on any atom is -0.362 e. The molecule has 0 aromatic rings. The van der Waals surface area contributed by atoms with E-state index in [4.69, 9.17) is 4.74 Å². The van der Waals surface area contributed by atoms with Crippen LogP contribution in [-0.4, -0.2) is 12.2 Å². The highest BCUT2D eigenvalue weighted by molar-refractivity contribution is 5.26. The van der Waals surface area contributed by atoms with E-state index >= 15 is 0 Å². The van der Waals surface area contributed by atoms with Gasteiger partial charge in [0.1, 0.15) is 0 Å². The molecule has 2 aliphatic rings. The van der Waals surface area contributed by atoms with Gasteiger partial charge in [0.05, 0.1) is 12.2 Å². The summed E-state index contributed by atoms with van der Waals surface area (Å²) in [6.45, 7) is 6.80. The highest BCUT2D eigenvalue weighted by atomic mass is 16.5. The minimum atomic E-state index is 0.262. The number of fused-ring (bicyclic) bond motifs is 2. The van der Waals surface area contributed by atoms with Crippen LogP contribution in [0.2, 0.25) is 0 Å². The molecule has 0 amide bonds. The molecule has 2 atom stereocenters. The van der Waals surface area contributed by atoms with E-state index in [9.17, 15) is 0 Å². The maximum Gasteiger partial charge on any atom is 0.0949 e. The predicted molar refractivity (Wildman–Crippen MR) is 50.0 cm³/mol. The summed E-state index contributed by atoms with van der Waals surface area (Å²) in [7, 11) is 0. The summed E-state index contributed by atoms with van der Waals surface area (Å²) < 4.78 is 5.64. The average molecular weight is 164 g/mol. The summed E-state index contributed by atoms with van der Waals surface area (Å²) in [5, 5.41) is 0. The Morgan fingerprint density at radius 2 is 2.08 bits per heavy atom. The Hall–Kier alpha value is -0.560. The topological polar surface area (TPSA) is 9.23 Å². The fraction of sp³-hybridized carbons (Fsp3) is 0.636. The normalized spacial score (nSPS) is 33.8. The average Bonchev–Trinajstić information content (AvgIpc) is 2.28. The van der Waals surface area contributed by atoms with E-state index < -0.39 is 0 Å². The molecule has 2 bridgehead atoms. The van der Waals surface area contributed by atoms with E-state index in [1.54, 1.807) is 0 Å². The monoisotopic (exact) mass is 164 g/mol. The Kier molecular flexibility index (Phi) is 1.65. The third-order valence-electron chi connectivity index (χ3n) is 2.60. The summed E-state index contributed by atoms with van der Waals surface area (Å²) in [4.78, 5) is 0. The zero-order valence-electron chi connectivity index (χ0n) is 8.00. The second-order valence-electron chi connectivity index (χ2n) is 4.67. The first-order valence-electron chi connectivity index (χ1n) is 4.61. The second kappa shape index (κ2) is 2.46. The van der Waals surface area contributed by atoms with Crippen LogP contribution in [0.15, 0.2) is 23.8 Å². The van der Waals surface area contributed by atoms with Crippen LogP contribution in [-0.2, 0) is 4.74 Å². The molecular weight excluding hydrogens is 148 g/mol. The summed E-state index contributed by atoms with van der Waals surface area (Å²) in [5.74, 6) is 0. The molecule has 2 rings (SSSR count). The van der Waals surface area contributed by atoms with Gasteiger partial charge in [0.25, 0.3) is 0 Å². The Morgan fingerprint density at radius 1 is 1.33 bits per heavy atom. The van der Waals surface area contributed by atoms with Gasteiger partial charge in [-0.25, -0.2) is 0 Å². The molecule has 0 aromatic heterocycles. The number of hydrogen-bond acceptors (Lipinski definition) is 1. The van der Waals surface area contributed by atoms with Crippen molar-refractivity contribution in [2.24, 2.45) is 5.41 Å². The van der Waals surface area contributed by atoms with Gasteiger partial charge < -0.3 is 4.74 Å². The van der Waals surface area contributed by atoms with Gasteiger partial charge in [-0.05, 0) is 11.8 Å². The van der Waals surface area contributed by atoms with Crippen molar-refractivity contribution < 1.29 is 4.74 Å². The largest absolute Gasteiger partial charge is 0.362 e. The van der Waals surface area contributed by atoms with Crippen molar-refractivity contribution in [3.63, 3.8) is 0 Å². The van der Waals surface area contributed by atoms with Crippen molar-refractivity contribution in [3.8, 4) is 0 Å². The van der Waals surface area contributed by atoms with E-state index in [1.807, 2.05) is 0 Å². The van der Waals surface area contributed by atoms with Gasteiger partial charge in [-0.2, -0.15) is 0 Å². The molecule has 0 aromatic carbocycles. The lowest BCUT2D eigenvalue weighted by Crippen LogP contribution is -2.23. The first-order chi connectivity index (χ1) is 5.55. The van der Waals surface area contributed by atoms with Crippen molar-refractivity contribution in [2.45, 2.75) is 39.4 Å². The molecule has 66 valence electrons. The fourth-order valence-corrected chi connectivity index (χ4v) is 1.78. The molecular formula is C11H16O. The lowest BCUT2D eigenvalue weighted by Gasteiger charge is -2.29. The van der Waals surface area contributed by atoms with Crippen LogP contribution in [0.5, 0.6) is 0 Å². The molecule has 2 heterocycles. The van der Waals surface area contributed by atoms with E-state index in [1.165, 1.54) is 5.57 Å². The van der Waals surface area contributed by atoms with Crippen LogP contribution < -0.4 is 0 Å². The van der Waals surface area contributed by atoms with E-state index in [0.29, 0.717) is 11.5 Å². The maximum atomic E-state index is 5.64. The lowest BCUT2D eigenvalue weighted by molar-refractivity contribution is 0.0707. The quantitative estimate of drug-likeness (QED) is 0.500. The Bertz CT molecular complexity index is 242. The van der Waals surface area contributed by atoms with Crippen molar-refractivity contribution in [1.82, 2.24) is 0 Å². The summed E-state index contributed by atoms with van der Waals surface area (Å²) >= 11 is 0. The van der Waals surface area contributed by atoms with Crippen molar-refractivity contribution in [2.75, 3.05) is 0 Å². The Balaban J connectivity index is 2.22. The molecule has 0 spiro atoms. The van der Waals surface area contributed by atoms with Crippen LogP contribution in [0, 0.1) is 5.41 Å². The van der Waals surface area contributed by atoms with E-state index in [-0.39, 0.29) is 6.10 Å². The van der Waals surface area contributed by atoms with Gasteiger partial charge in [-0.15, -0.1) is 0 Å². The third kappa shape index (κ3) is 1.34. The zero-order valence-corrected chi connectivity index (χ0v) is 8.00. The van der Waals surface area contributed by atoms with Crippen LogP contribution in [0.1, 0.15) is 27.2 Å². The molecule has 1 nitrogen and oxygen atoms in total. The second-order valence-corrected chi connectivity index (χ2v) is 4.67. The molecule has 0 N–H and O–H groups in total. The Labute approximate surface area is 74.1 Å². The van der Waals surface area contributed by atoms with Gasteiger partial charge in [-0.1, -0.05) is 44.6 Å². The predicted octanol–water partition coefficient (Wildman–Crippen LogP) is 2.69. The number of rotatable bonds is 0. The van der Waals surface area contributed by atoms with Crippen LogP contribution >= 0.6 is 0 Å². The third-order valence-corrected chi connectivity index (χ3v) is 2.60. The van der Waals surface area contributed by atoms with Crippen LogP contribution in [0.4, 0.5) is 0 Å². The molecule has 0 unspecified atom stereocenters. The molecule has 12 heavy (non-hydrogen) atoms. The van der Waals surface area contributed by atoms with Gasteiger partial charge in [-0.3, -0.25) is 0 Å². The lowest BCUT2D eigenvalue weighted by atomic mass is 9.82. The summed E-state index contributed by atoms with van der Waals surface area (Å²) in [6, 6.07) is 0. The standard InChI is InChI=1S/C11H16O/c1-11(2,3)8-6-9-4-5-10(7-8)12-9/h4-6,9-10H,7H2,1-3H3/t9-,10+/m0/s1. The molecule has 0 saturated heterocycles. The zero-order chi connectivity index (χ0) is 8.77. The van der Waals surface area contributed by atoms with Gasteiger partial charge in [0.2, 0.25) is 0 Å². The smallest absolute Gasteiger partial charge is 0.0949 e. The first-order valence-corrected chi connectivity index (χ1v) is 4.61. The SMILES string of the molecule is CC(C)(C)C1=C[C@@H]2C=C[C@H](C1)O2. The molecule has 0 fully saturated rings. The summed E-state index contributed by atoms with van der Waals surface area (Å²) in [5.41, 5.74) is 1.85. The van der Waals surface area contributed by atoms with Crippen molar-refractivity contribution in [3.05, 3.63) is 23.8 Å². The van der Waals surface area contributed by atoms with Gasteiger partial charge in [0.15, 0.2) is 0 Å². The molecule has 0 saturated carbocycles. The van der Waals surface area contributed by atoms with Gasteiger partial charge >= 0.3 is 0 Å². The maximum absolute atomic E-state index is 5.64. The fourth-order valence-electron chi connectivity index (χ4n) is 1.78. The van der Waals surface area contributed by atoms with Crippen LogP contribution in [0.3, 0.4) is 0 Å². The highest BCUT2D eigenvalue weighted by Crippen LogP contribution is 2.36.